The molecular weight excluding hydrogens is 497 g/mol. The van der Waals surface area contributed by atoms with Crippen molar-refractivity contribution in [2.24, 2.45) is 0 Å². The van der Waals surface area contributed by atoms with Gasteiger partial charge in [-0.2, -0.15) is 17.5 Å². The number of halogens is 3. The Morgan fingerprint density at radius 1 is 1.03 bits per heavy atom. The van der Waals surface area contributed by atoms with Crippen molar-refractivity contribution in [2.75, 3.05) is 6.54 Å². The van der Waals surface area contributed by atoms with Crippen LogP contribution in [0.1, 0.15) is 56.2 Å². The SMILES string of the molecule is CC(C)(CC(=O)O)c1ccc(CN(C2CCCCNC2=O)S(=O)(=O)c2ccc(C(F)(F)F)cc2)cc1. The number of carboxylic acids is 1. The van der Waals surface area contributed by atoms with Crippen molar-refractivity contribution >= 4 is 21.9 Å². The van der Waals surface area contributed by atoms with Crippen LogP contribution in [-0.2, 0) is 37.7 Å². The lowest BCUT2D eigenvalue weighted by atomic mass is 9.81. The zero-order chi connectivity index (χ0) is 26.7. The van der Waals surface area contributed by atoms with Crippen LogP contribution in [0.15, 0.2) is 53.4 Å². The Hall–Kier alpha value is -2.92. The largest absolute Gasteiger partial charge is 0.481 e. The zero-order valence-corrected chi connectivity index (χ0v) is 20.8. The average Bonchev–Trinajstić information content (AvgIpc) is 3.00. The highest BCUT2D eigenvalue weighted by atomic mass is 32.2. The summed E-state index contributed by atoms with van der Waals surface area (Å²) in [7, 11) is -4.34. The third kappa shape index (κ3) is 6.44. The van der Waals surface area contributed by atoms with Gasteiger partial charge in [-0.1, -0.05) is 38.1 Å². The molecule has 0 aromatic heterocycles. The van der Waals surface area contributed by atoms with E-state index in [0.717, 1.165) is 22.0 Å². The molecule has 36 heavy (non-hydrogen) atoms. The van der Waals surface area contributed by atoms with E-state index in [-0.39, 0.29) is 24.3 Å². The van der Waals surface area contributed by atoms with Crippen LogP contribution in [0.3, 0.4) is 0 Å². The van der Waals surface area contributed by atoms with E-state index in [1.165, 1.54) is 0 Å². The molecule has 1 amide bonds. The summed E-state index contributed by atoms with van der Waals surface area (Å²) in [5.74, 6) is -1.40. The van der Waals surface area contributed by atoms with E-state index in [4.69, 9.17) is 5.11 Å². The number of aliphatic carboxylic acids is 1. The third-order valence-electron chi connectivity index (χ3n) is 6.31. The Morgan fingerprint density at radius 2 is 1.61 bits per heavy atom. The number of rotatable bonds is 8. The fraction of sp³-hybridized carbons (Fsp3) is 0.440. The highest BCUT2D eigenvalue weighted by molar-refractivity contribution is 7.89. The van der Waals surface area contributed by atoms with Gasteiger partial charge in [0.1, 0.15) is 6.04 Å². The van der Waals surface area contributed by atoms with Gasteiger partial charge in [0, 0.05) is 18.5 Å². The van der Waals surface area contributed by atoms with Crippen molar-refractivity contribution in [3.63, 3.8) is 0 Å². The van der Waals surface area contributed by atoms with Gasteiger partial charge in [0.2, 0.25) is 15.9 Å². The summed E-state index contributed by atoms with van der Waals surface area (Å²) in [6.45, 7) is 3.80. The molecule has 1 fully saturated rings. The predicted molar refractivity (Wildman–Crippen MR) is 127 cm³/mol. The molecule has 2 N–H and O–H groups in total. The summed E-state index contributed by atoms with van der Waals surface area (Å²) in [6, 6.07) is 8.96. The van der Waals surface area contributed by atoms with Crippen LogP contribution < -0.4 is 5.32 Å². The summed E-state index contributed by atoms with van der Waals surface area (Å²) in [5.41, 5.74) is -0.326. The minimum absolute atomic E-state index is 0.0942. The number of carboxylic acid groups (broad SMARTS) is 1. The fourth-order valence-electron chi connectivity index (χ4n) is 4.23. The molecule has 0 radical (unpaired) electrons. The van der Waals surface area contributed by atoms with Crippen molar-refractivity contribution in [3.05, 3.63) is 65.2 Å². The first-order valence-electron chi connectivity index (χ1n) is 11.5. The zero-order valence-electron chi connectivity index (χ0n) is 20.0. The number of hydrogen-bond acceptors (Lipinski definition) is 4. The number of benzene rings is 2. The number of hydrogen-bond donors (Lipinski definition) is 2. The van der Waals surface area contributed by atoms with Crippen LogP contribution in [0, 0.1) is 0 Å². The second-order valence-corrected chi connectivity index (χ2v) is 11.4. The van der Waals surface area contributed by atoms with E-state index in [9.17, 15) is 31.2 Å². The molecule has 1 aliphatic heterocycles. The number of amides is 1. The molecule has 1 unspecified atom stereocenters. The van der Waals surface area contributed by atoms with E-state index in [1.54, 1.807) is 38.1 Å². The molecule has 3 rings (SSSR count). The van der Waals surface area contributed by atoms with Crippen LogP contribution in [0.4, 0.5) is 13.2 Å². The van der Waals surface area contributed by atoms with Gasteiger partial charge in [0.05, 0.1) is 16.9 Å². The molecule has 0 spiro atoms. The van der Waals surface area contributed by atoms with Crippen molar-refractivity contribution in [2.45, 2.75) is 68.6 Å². The predicted octanol–water partition coefficient (Wildman–Crippen LogP) is 4.32. The third-order valence-corrected chi connectivity index (χ3v) is 8.18. The smallest absolute Gasteiger partial charge is 0.416 e. The lowest BCUT2D eigenvalue weighted by Gasteiger charge is -2.30. The summed E-state index contributed by atoms with van der Waals surface area (Å²) < 4.78 is 67.2. The van der Waals surface area contributed by atoms with Gasteiger partial charge in [0.25, 0.3) is 0 Å². The molecule has 1 saturated heterocycles. The van der Waals surface area contributed by atoms with Gasteiger partial charge < -0.3 is 10.4 Å². The van der Waals surface area contributed by atoms with Gasteiger partial charge in [-0.25, -0.2) is 8.42 Å². The first-order valence-corrected chi connectivity index (χ1v) is 12.9. The van der Waals surface area contributed by atoms with Crippen LogP contribution in [-0.4, -0.2) is 42.3 Å². The monoisotopic (exact) mass is 526 g/mol. The maximum absolute atomic E-state index is 13.6. The number of sulfonamides is 1. The molecule has 2 aromatic carbocycles. The van der Waals surface area contributed by atoms with E-state index < -0.39 is 45.1 Å². The van der Waals surface area contributed by atoms with Gasteiger partial charge >= 0.3 is 12.1 Å². The van der Waals surface area contributed by atoms with Gasteiger partial charge in [-0.3, -0.25) is 9.59 Å². The first-order chi connectivity index (χ1) is 16.7. The van der Waals surface area contributed by atoms with Crippen LogP contribution in [0.5, 0.6) is 0 Å². The van der Waals surface area contributed by atoms with Crippen molar-refractivity contribution < 1.29 is 36.3 Å². The molecule has 1 aliphatic rings. The minimum atomic E-state index is -4.61. The summed E-state index contributed by atoms with van der Waals surface area (Å²) >= 11 is 0. The van der Waals surface area contributed by atoms with Crippen molar-refractivity contribution in [1.82, 2.24) is 9.62 Å². The highest BCUT2D eigenvalue weighted by Crippen LogP contribution is 2.32. The number of nitrogens with zero attached hydrogens (tertiary/aromatic N) is 1. The lowest BCUT2D eigenvalue weighted by molar-refractivity contribution is -0.138. The second-order valence-electron chi connectivity index (χ2n) is 9.53. The molecule has 7 nitrogen and oxygen atoms in total. The fourth-order valence-corrected chi connectivity index (χ4v) is 5.84. The maximum atomic E-state index is 13.6. The maximum Gasteiger partial charge on any atom is 0.416 e. The second kappa shape index (κ2) is 10.6. The van der Waals surface area contributed by atoms with Crippen LogP contribution in [0.2, 0.25) is 0 Å². The average molecular weight is 527 g/mol. The number of carbonyl (C=O) groups excluding carboxylic acids is 1. The Bertz CT molecular complexity index is 1190. The molecule has 0 saturated carbocycles. The quantitative estimate of drug-likeness (QED) is 0.533. The Balaban J connectivity index is 1.97. The lowest BCUT2D eigenvalue weighted by Crippen LogP contribution is -2.48. The van der Waals surface area contributed by atoms with Crippen molar-refractivity contribution in [1.29, 1.82) is 0 Å². The van der Waals surface area contributed by atoms with E-state index in [2.05, 4.69) is 5.32 Å². The molecule has 196 valence electrons. The van der Waals surface area contributed by atoms with Crippen LogP contribution in [0.25, 0.3) is 0 Å². The summed E-state index contributed by atoms with van der Waals surface area (Å²) in [6.07, 6.45) is -3.15. The van der Waals surface area contributed by atoms with Crippen LogP contribution >= 0.6 is 0 Å². The minimum Gasteiger partial charge on any atom is -0.481 e. The molecular formula is C25H29F3N2O5S. The highest BCUT2D eigenvalue weighted by Gasteiger charge is 2.37. The molecule has 1 atom stereocenters. The van der Waals surface area contributed by atoms with E-state index >= 15 is 0 Å². The molecule has 11 heteroatoms. The topological polar surface area (TPSA) is 104 Å². The number of carbonyl (C=O) groups is 2. The van der Waals surface area contributed by atoms with Gasteiger partial charge in [-0.05, 0) is 54.7 Å². The normalized spacial score (nSPS) is 17.5. The number of alkyl halides is 3. The Morgan fingerprint density at radius 3 is 2.17 bits per heavy atom. The summed E-state index contributed by atoms with van der Waals surface area (Å²) in [5, 5.41) is 11.9. The van der Waals surface area contributed by atoms with Gasteiger partial charge in [-0.15, -0.1) is 0 Å². The first kappa shape index (κ1) is 27.7. The molecule has 0 aliphatic carbocycles. The Kier molecular flexibility index (Phi) is 8.14. The molecule has 2 aromatic rings. The van der Waals surface area contributed by atoms with Gasteiger partial charge in [0.15, 0.2) is 0 Å². The molecule has 1 heterocycles. The van der Waals surface area contributed by atoms with E-state index in [1.807, 2.05) is 0 Å². The van der Waals surface area contributed by atoms with E-state index in [0.29, 0.717) is 37.1 Å². The standard InChI is InChI=1S/C25H29F3N2O5S/c1-24(2,15-22(31)32)18-8-6-17(7-9-18)16-30(21-5-3-4-14-29-23(21)33)36(34,35)20-12-10-19(11-13-20)25(26,27)28/h6-13,21H,3-5,14-16H2,1-2H3,(H,29,33)(H,31,32). The summed E-state index contributed by atoms with van der Waals surface area (Å²) in [4.78, 5) is 23.6. The molecule has 0 bridgehead atoms. The van der Waals surface area contributed by atoms with Crippen molar-refractivity contribution in [3.8, 4) is 0 Å². The Labute approximate surface area is 208 Å². The number of nitrogens with one attached hydrogen (secondary N) is 1.